The molecule has 0 bridgehead atoms. The Kier molecular flexibility index (Phi) is 4.71. The first kappa shape index (κ1) is 17.7. The second-order valence-corrected chi connectivity index (χ2v) is 5.86. The van der Waals surface area contributed by atoms with Crippen molar-refractivity contribution in [3.63, 3.8) is 0 Å². The lowest BCUT2D eigenvalue weighted by Gasteiger charge is -2.09. The monoisotopic (exact) mass is 384 g/mol. The third kappa shape index (κ3) is 3.68. The molecule has 0 unspecified atom stereocenters. The van der Waals surface area contributed by atoms with Gasteiger partial charge < -0.3 is 20.1 Å². The number of benzene rings is 2. The summed E-state index contributed by atoms with van der Waals surface area (Å²) in [7, 11) is 0. The predicted molar refractivity (Wildman–Crippen MR) is 95.4 cm³/mol. The van der Waals surface area contributed by atoms with Gasteiger partial charge in [-0.05, 0) is 35.9 Å². The van der Waals surface area contributed by atoms with Crippen molar-refractivity contribution in [1.29, 1.82) is 0 Å². The Labute approximate surface area is 158 Å². The molecule has 9 heteroatoms. The standard InChI is InChI=1S/C19H14F2N4O3/c20-12-2-1-3-13(21)17(12)25-19-22-7-6-14(24-19)18(26)23-9-11-4-5-15-16(8-11)28-10-27-15/h1-8H,9-10H2,(H,23,26)(H,22,24,25). The van der Waals surface area contributed by atoms with Gasteiger partial charge in [-0.2, -0.15) is 0 Å². The molecule has 0 fully saturated rings. The second kappa shape index (κ2) is 7.47. The molecule has 0 aliphatic carbocycles. The number of hydrogen-bond donors (Lipinski definition) is 2. The molecule has 3 aromatic rings. The molecule has 2 heterocycles. The maximum Gasteiger partial charge on any atom is 0.270 e. The van der Waals surface area contributed by atoms with Crippen molar-refractivity contribution >= 4 is 17.5 Å². The Morgan fingerprint density at radius 1 is 1.07 bits per heavy atom. The third-order valence-corrected chi connectivity index (χ3v) is 3.98. The fourth-order valence-electron chi connectivity index (χ4n) is 2.60. The number of hydrogen-bond acceptors (Lipinski definition) is 6. The van der Waals surface area contributed by atoms with E-state index in [0.29, 0.717) is 11.5 Å². The number of fused-ring (bicyclic) bond motifs is 1. The molecule has 28 heavy (non-hydrogen) atoms. The van der Waals surface area contributed by atoms with Gasteiger partial charge in [0.25, 0.3) is 5.91 Å². The van der Waals surface area contributed by atoms with E-state index in [1.165, 1.54) is 18.3 Å². The minimum absolute atomic E-state index is 0.0509. The Morgan fingerprint density at radius 2 is 1.86 bits per heavy atom. The number of nitrogens with one attached hydrogen (secondary N) is 2. The smallest absolute Gasteiger partial charge is 0.270 e. The highest BCUT2D eigenvalue weighted by molar-refractivity contribution is 5.92. The summed E-state index contributed by atoms with van der Waals surface area (Å²) in [5.74, 6) is -0.867. The maximum absolute atomic E-state index is 13.7. The minimum atomic E-state index is -0.790. The molecule has 0 radical (unpaired) electrons. The van der Waals surface area contributed by atoms with Gasteiger partial charge in [0.05, 0.1) is 0 Å². The van der Waals surface area contributed by atoms with Crippen molar-refractivity contribution in [2.24, 2.45) is 0 Å². The number of amides is 1. The van der Waals surface area contributed by atoms with Gasteiger partial charge in [-0.3, -0.25) is 4.79 Å². The number of anilines is 2. The van der Waals surface area contributed by atoms with Crippen molar-refractivity contribution < 1.29 is 23.0 Å². The summed E-state index contributed by atoms with van der Waals surface area (Å²) in [5, 5.41) is 5.17. The first-order chi connectivity index (χ1) is 13.6. The maximum atomic E-state index is 13.7. The SMILES string of the molecule is O=C(NCc1ccc2c(c1)OCO2)c1ccnc(Nc2c(F)cccc2F)n1. The quantitative estimate of drug-likeness (QED) is 0.703. The van der Waals surface area contributed by atoms with Gasteiger partial charge in [0, 0.05) is 12.7 Å². The summed E-state index contributed by atoms with van der Waals surface area (Å²) < 4.78 is 38.0. The van der Waals surface area contributed by atoms with Crippen LogP contribution in [0.15, 0.2) is 48.7 Å². The van der Waals surface area contributed by atoms with Crippen molar-refractivity contribution in [3.05, 3.63) is 71.6 Å². The van der Waals surface area contributed by atoms with Crippen LogP contribution in [0.5, 0.6) is 11.5 Å². The van der Waals surface area contributed by atoms with Crippen LogP contribution in [0.1, 0.15) is 16.1 Å². The highest BCUT2D eigenvalue weighted by Gasteiger charge is 2.15. The van der Waals surface area contributed by atoms with Crippen molar-refractivity contribution in [1.82, 2.24) is 15.3 Å². The van der Waals surface area contributed by atoms with Crippen LogP contribution >= 0.6 is 0 Å². The number of halogens is 2. The average Bonchev–Trinajstić information content (AvgIpc) is 3.17. The summed E-state index contributed by atoms with van der Waals surface area (Å²) in [6.07, 6.45) is 1.32. The van der Waals surface area contributed by atoms with Gasteiger partial charge in [-0.15, -0.1) is 0 Å². The topological polar surface area (TPSA) is 85.4 Å². The van der Waals surface area contributed by atoms with Crippen LogP contribution in [-0.4, -0.2) is 22.7 Å². The summed E-state index contributed by atoms with van der Waals surface area (Å²) in [5.41, 5.74) is 0.480. The van der Waals surface area contributed by atoms with E-state index >= 15 is 0 Å². The van der Waals surface area contributed by atoms with Crippen LogP contribution in [0.25, 0.3) is 0 Å². The first-order valence-corrected chi connectivity index (χ1v) is 8.31. The van der Waals surface area contributed by atoms with E-state index < -0.39 is 17.5 Å². The van der Waals surface area contributed by atoms with Crippen molar-refractivity contribution in [2.45, 2.75) is 6.54 Å². The Morgan fingerprint density at radius 3 is 2.68 bits per heavy atom. The highest BCUT2D eigenvalue weighted by atomic mass is 19.1. The molecule has 1 aromatic heterocycles. The molecular formula is C19H14F2N4O3. The number of aromatic nitrogens is 2. The minimum Gasteiger partial charge on any atom is -0.454 e. The lowest BCUT2D eigenvalue weighted by Crippen LogP contribution is -2.24. The first-order valence-electron chi connectivity index (χ1n) is 8.31. The number of carbonyl (C=O) groups is 1. The number of ether oxygens (including phenoxy) is 2. The lowest BCUT2D eigenvalue weighted by molar-refractivity contribution is 0.0946. The van der Waals surface area contributed by atoms with Gasteiger partial charge in [0.2, 0.25) is 12.7 Å². The van der Waals surface area contributed by atoms with E-state index in [1.807, 2.05) is 6.07 Å². The van der Waals surface area contributed by atoms with Gasteiger partial charge in [0.15, 0.2) is 11.5 Å². The van der Waals surface area contributed by atoms with E-state index in [-0.39, 0.29) is 30.7 Å². The number of rotatable bonds is 5. The molecule has 7 nitrogen and oxygen atoms in total. The molecule has 0 saturated carbocycles. The van der Waals surface area contributed by atoms with Crippen LogP contribution in [0.4, 0.5) is 20.4 Å². The average molecular weight is 384 g/mol. The molecule has 1 aliphatic heterocycles. The molecule has 142 valence electrons. The molecular weight excluding hydrogens is 370 g/mol. The zero-order chi connectivity index (χ0) is 19.5. The van der Waals surface area contributed by atoms with Crippen molar-refractivity contribution in [2.75, 3.05) is 12.1 Å². The molecule has 0 atom stereocenters. The van der Waals surface area contributed by atoms with E-state index in [0.717, 1.165) is 17.7 Å². The van der Waals surface area contributed by atoms with Crippen LogP contribution in [0.3, 0.4) is 0 Å². The molecule has 0 saturated heterocycles. The van der Waals surface area contributed by atoms with Crippen molar-refractivity contribution in [3.8, 4) is 11.5 Å². The largest absolute Gasteiger partial charge is 0.454 e. The fourth-order valence-corrected chi connectivity index (χ4v) is 2.60. The van der Waals surface area contributed by atoms with Gasteiger partial charge in [-0.1, -0.05) is 12.1 Å². The highest BCUT2D eigenvalue weighted by Crippen LogP contribution is 2.32. The number of nitrogens with zero attached hydrogens (tertiary/aromatic N) is 2. The predicted octanol–water partition coefficient (Wildman–Crippen LogP) is 3.16. The van der Waals surface area contributed by atoms with E-state index in [9.17, 15) is 13.6 Å². The third-order valence-electron chi connectivity index (χ3n) is 3.98. The normalized spacial score (nSPS) is 11.9. The summed E-state index contributed by atoms with van der Waals surface area (Å²) >= 11 is 0. The summed E-state index contributed by atoms with van der Waals surface area (Å²) in [6, 6.07) is 10.2. The van der Waals surface area contributed by atoms with Crippen LogP contribution < -0.4 is 20.1 Å². The van der Waals surface area contributed by atoms with Crippen LogP contribution in [0, 0.1) is 11.6 Å². The second-order valence-electron chi connectivity index (χ2n) is 5.86. The summed E-state index contributed by atoms with van der Waals surface area (Å²) in [6.45, 7) is 0.411. The molecule has 2 N–H and O–H groups in total. The Bertz CT molecular complexity index is 1030. The van der Waals surface area contributed by atoms with Gasteiger partial charge >= 0.3 is 0 Å². The van der Waals surface area contributed by atoms with Crippen LogP contribution in [0.2, 0.25) is 0 Å². The fraction of sp³-hybridized carbons (Fsp3) is 0.105. The molecule has 0 spiro atoms. The molecule has 4 rings (SSSR count). The number of carbonyl (C=O) groups excluding carboxylic acids is 1. The Balaban J connectivity index is 1.44. The zero-order valence-electron chi connectivity index (χ0n) is 14.4. The molecule has 1 amide bonds. The summed E-state index contributed by atoms with van der Waals surface area (Å²) in [4.78, 5) is 20.3. The van der Waals surface area contributed by atoms with Crippen LogP contribution in [-0.2, 0) is 6.54 Å². The molecule has 1 aliphatic rings. The van der Waals surface area contributed by atoms with Gasteiger partial charge in [-0.25, -0.2) is 18.7 Å². The lowest BCUT2D eigenvalue weighted by atomic mass is 10.2. The van der Waals surface area contributed by atoms with E-state index in [4.69, 9.17) is 9.47 Å². The zero-order valence-corrected chi connectivity index (χ0v) is 14.4. The van der Waals surface area contributed by atoms with E-state index in [2.05, 4.69) is 20.6 Å². The van der Waals surface area contributed by atoms with E-state index in [1.54, 1.807) is 12.1 Å². The number of para-hydroxylation sites is 1. The Hall–Kier alpha value is -3.75. The van der Waals surface area contributed by atoms with Gasteiger partial charge in [0.1, 0.15) is 23.0 Å². The molecule has 2 aromatic carbocycles.